The quantitative estimate of drug-likeness (QED) is 0.231. The fourth-order valence-corrected chi connectivity index (χ4v) is 7.32. The van der Waals surface area contributed by atoms with Gasteiger partial charge in [-0.2, -0.15) is 0 Å². The van der Waals surface area contributed by atoms with E-state index in [4.69, 9.17) is 14.4 Å². The third kappa shape index (κ3) is 2.33. The molecule has 2 atom stereocenters. The Bertz CT molecular complexity index is 1900. The number of aromatic nitrogens is 3. The maximum absolute atomic E-state index is 6.20. The second-order valence-electron chi connectivity index (χ2n) is 12.6. The molecule has 0 saturated heterocycles. The van der Waals surface area contributed by atoms with Gasteiger partial charge in [-0.05, 0) is 71.6 Å². The van der Waals surface area contributed by atoms with Crippen molar-refractivity contribution in [1.82, 2.24) is 14.4 Å². The lowest BCUT2D eigenvalue weighted by Gasteiger charge is -2.27. The maximum Gasteiger partial charge on any atom is 0.148 e. The summed E-state index contributed by atoms with van der Waals surface area (Å²) in [5.41, 5.74) is 9.45. The molecule has 6 aromatic rings. The van der Waals surface area contributed by atoms with Gasteiger partial charge in [0.25, 0.3) is 0 Å². The molecule has 8 rings (SSSR count). The van der Waals surface area contributed by atoms with Gasteiger partial charge in [-0.1, -0.05) is 52.8 Å². The third-order valence-electron chi connectivity index (χ3n) is 8.96. The normalized spacial score (nSPS) is 24.0. The van der Waals surface area contributed by atoms with Crippen LogP contribution in [0.25, 0.3) is 49.5 Å². The molecule has 2 aliphatic rings. The number of hydrogen-bond donors (Lipinski definition) is 0. The molecule has 3 heterocycles. The van der Waals surface area contributed by atoms with Gasteiger partial charge in [-0.25, -0.2) is 9.97 Å². The highest BCUT2D eigenvalue weighted by Gasteiger charge is 2.53. The Balaban J connectivity index is 1.58. The van der Waals surface area contributed by atoms with Crippen LogP contribution in [-0.4, -0.2) is 14.4 Å². The van der Waals surface area contributed by atoms with Crippen LogP contribution in [0.15, 0.2) is 52.9 Å². The molecule has 0 spiro atoms. The van der Waals surface area contributed by atoms with Crippen LogP contribution in [0.5, 0.6) is 0 Å². The van der Waals surface area contributed by atoms with Gasteiger partial charge in [-0.3, -0.25) is 4.40 Å². The minimum absolute atomic E-state index is 0.157. The van der Waals surface area contributed by atoms with E-state index >= 15 is 0 Å². The van der Waals surface area contributed by atoms with Crippen molar-refractivity contribution in [3.05, 3.63) is 65.5 Å². The Hall–Kier alpha value is -3.40. The molecule has 2 aliphatic carbocycles. The van der Waals surface area contributed by atoms with Gasteiger partial charge in [0.15, 0.2) is 0 Å². The molecular weight excluding hydrogens is 430 g/mol. The van der Waals surface area contributed by atoms with Crippen LogP contribution in [0, 0.1) is 0 Å². The van der Waals surface area contributed by atoms with Gasteiger partial charge in [0, 0.05) is 16.2 Å². The zero-order valence-electron chi connectivity index (χ0n) is 21.0. The number of benzene rings is 3. The van der Waals surface area contributed by atoms with E-state index in [1.165, 1.54) is 35.9 Å². The molecule has 0 aliphatic heterocycles. The average Bonchev–Trinajstić information content (AvgIpc) is 3.52. The Morgan fingerprint density at radius 3 is 2.37 bits per heavy atom. The summed E-state index contributed by atoms with van der Waals surface area (Å²) >= 11 is 0. The number of rotatable bonds is 0. The second kappa shape index (κ2) is 5.87. The summed E-state index contributed by atoms with van der Waals surface area (Å²) in [4.78, 5) is 10.7. The van der Waals surface area contributed by atoms with Crippen molar-refractivity contribution in [2.75, 3.05) is 0 Å². The number of nitrogens with zero attached hydrogens (tertiary/aromatic N) is 3. The molecule has 3 aromatic carbocycles. The lowest BCUT2D eigenvalue weighted by molar-refractivity contribution is 0.484. The summed E-state index contributed by atoms with van der Waals surface area (Å²) in [6.45, 7) is 11.6. The molecule has 174 valence electrons. The van der Waals surface area contributed by atoms with Crippen molar-refractivity contribution >= 4 is 49.5 Å². The molecule has 2 bridgehead atoms. The van der Waals surface area contributed by atoms with Crippen LogP contribution in [0.1, 0.15) is 70.8 Å². The van der Waals surface area contributed by atoms with E-state index in [2.05, 4.69) is 75.4 Å². The number of furan rings is 1. The molecule has 1 fully saturated rings. The summed E-state index contributed by atoms with van der Waals surface area (Å²) in [7, 11) is 0. The van der Waals surface area contributed by atoms with Crippen molar-refractivity contribution in [3.63, 3.8) is 0 Å². The summed E-state index contributed by atoms with van der Waals surface area (Å²) in [6, 6.07) is 17.3. The predicted octanol–water partition coefficient (Wildman–Crippen LogP) is 7.95. The van der Waals surface area contributed by atoms with E-state index in [0.717, 1.165) is 49.8 Å². The fourth-order valence-electron chi connectivity index (χ4n) is 7.32. The molecule has 2 unspecified atom stereocenters. The van der Waals surface area contributed by atoms with Crippen LogP contribution in [0.4, 0.5) is 0 Å². The Labute approximate surface area is 204 Å². The van der Waals surface area contributed by atoms with Gasteiger partial charge < -0.3 is 4.42 Å². The van der Waals surface area contributed by atoms with Gasteiger partial charge in [0.2, 0.25) is 0 Å². The zero-order chi connectivity index (χ0) is 23.9. The highest BCUT2D eigenvalue weighted by Crippen LogP contribution is 2.61. The van der Waals surface area contributed by atoms with Crippen LogP contribution >= 0.6 is 0 Å². The molecule has 0 radical (unpaired) electrons. The first-order valence-corrected chi connectivity index (χ1v) is 12.8. The molecule has 1 saturated carbocycles. The number of fused-ring (bicyclic) bond motifs is 14. The molecule has 3 aromatic heterocycles. The van der Waals surface area contributed by atoms with E-state index in [1.807, 2.05) is 12.1 Å². The smallest absolute Gasteiger partial charge is 0.148 e. The van der Waals surface area contributed by atoms with Crippen molar-refractivity contribution in [2.45, 2.75) is 70.1 Å². The van der Waals surface area contributed by atoms with Crippen LogP contribution in [-0.2, 0) is 16.2 Å². The molecular formula is C31H29N3O. The van der Waals surface area contributed by atoms with E-state index < -0.39 is 0 Å². The van der Waals surface area contributed by atoms with Crippen molar-refractivity contribution in [2.24, 2.45) is 0 Å². The number of imidazole rings is 1. The minimum Gasteiger partial charge on any atom is -0.456 e. The van der Waals surface area contributed by atoms with Crippen molar-refractivity contribution in [1.29, 1.82) is 0 Å². The topological polar surface area (TPSA) is 43.3 Å². The van der Waals surface area contributed by atoms with Crippen molar-refractivity contribution in [3.8, 4) is 0 Å². The minimum atomic E-state index is -0.157. The first-order chi connectivity index (χ1) is 16.7. The average molecular weight is 460 g/mol. The summed E-state index contributed by atoms with van der Waals surface area (Å²) < 4.78 is 8.53. The zero-order valence-corrected chi connectivity index (χ0v) is 21.0. The molecule has 4 nitrogen and oxygen atoms in total. The van der Waals surface area contributed by atoms with Gasteiger partial charge in [-0.15, -0.1) is 0 Å². The van der Waals surface area contributed by atoms with Crippen LogP contribution < -0.4 is 0 Å². The van der Waals surface area contributed by atoms with Crippen LogP contribution in [0.3, 0.4) is 0 Å². The third-order valence-corrected chi connectivity index (χ3v) is 8.96. The first-order valence-electron chi connectivity index (χ1n) is 12.8. The Morgan fingerprint density at radius 2 is 1.60 bits per heavy atom. The SMILES string of the molecule is CC(C)(C)c1nc2c(ccc3oc4ccccc4c32)c2nc3cc4c(cc3n12)C1(C)CCC4(C)C1. The van der Waals surface area contributed by atoms with E-state index in [9.17, 15) is 0 Å². The Kier molecular flexibility index (Phi) is 3.33. The maximum atomic E-state index is 6.20. The van der Waals surface area contributed by atoms with Gasteiger partial charge in [0.05, 0.1) is 21.9 Å². The van der Waals surface area contributed by atoms with E-state index in [1.54, 1.807) is 0 Å². The summed E-state index contributed by atoms with van der Waals surface area (Å²) in [5, 5.41) is 3.27. The summed E-state index contributed by atoms with van der Waals surface area (Å²) in [5.74, 6) is 1.04. The standard InChI is InChI=1S/C31H29N3O/c1-29(2,3)28-33-26-18(10-11-24-25(26)17-8-6-7-9-23(17)35-24)27-32-21-14-19-20(15-22(21)34(27)28)31(5)13-12-30(19,4)16-31/h6-11,14-15H,12-13,16H2,1-5H3. The Morgan fingerprint density at radius 1 is 0.857 bits per heavy atom. The summed E-state index contributed by atoms with van der Waals surface area (Å²) in [6.07, 6.45) is 3.81. The monoisotopic (exact) mass is 459 g/mol. The lowest BCUT2D eigenvalue weighted by Crippen LogP contribution is -2.20. The fraction of sp³-hybridized carbons (Fsp3) is 0.355. The van der Waals surface area contributed by atoms with Crippen molar-refractivity contribution < 1.29 is 4.42 Å². The van der Waals surface area contributed by atoms with Gasteiger partial charge in [0.1, 0.15) is 22.6 Å². The molecule has 4 heteroatoms. The van der Waals surface area contributed by atoms with E-state index in [0.29, 0.717) is 0 Å². The second-order valence-corrected chi connectivity index (χ2v) is 12.6. The lowest BCUT2D eigenvalue weighted by atomic mass is 9.78. The highest BCUT2D eigenvalue weighted by atomic mass is 16.3. The van der Waals surface area contributed by atoms with Crippen LogP contribution in [0.2, 0.25) is 0 Å². The molecule has 35 heavy (non-hydrogen) atoms. The first kappa shape index (κ1) is 19.9. The predicted molar refractivity (Wildman–Crippen MR) is 143 cm³/mol. The number of para-hydroxylation sites is 1. The molecule has 0 N–H and O–H groups in total. The highest BCUT2D eigenvalue weighted by molar-refractivity contribution is 6.19. The molecule has 0 amide bonds. The van der Waals surface area contributed by atoms with Gasteiger partial charge >= 0.3 is 0 Å². The largest absolute Gasteiger partial charge is 0.456 e. The number of hydrogen-bond acceptors (Lipinski definition) is 3. The van der Waals surface area contributed by atoms with E-state index in [-0.39, 0.29) is 16.2 Å².